The molecule has 0 spiro atoms. The Morgan fingerprint density at radius 1 is 1.52 bits per heavy atom. The molecule has 2 heterocycles. The van der Waals surface area contributed by atoms with Gasteiger partial charge in [0.1, 0.15) is 0 Å². The third kappa shape index (κ3) is 3.45. The number of allylic oxidation sites excluding steroid dienone is 1. The first kappa shape index (κ1) is 15.3. The van der Waals surface area contributed by atoms with Crippen molar-refractivity contribution in [3.8, 4) is 11.5 Å². The van der Waals surface area contributed by atoms with Crippen LogP contribution in [0.5, 0.6) is 11.5 Å². The van der Waals surface area contributed by atoms with Gasteiger partial charge in [-0.25, -0.2) is 4.68 Å². The standard InChI is InChI=1S/C14H15N5O3S/c1-3-6-19-14(16-17-18-19)23-9(2)13(20)15-10-4-5-11-12(7-10)22-8-21-11/h3-5,7,9H,1,6,8H2,2H3,(H,15,20). The number of nitrogens with one attached hydrogen (secondary N) is 1. The monoisotopic (exact) mass is 333 g/mol. The molecule has 0 radical (unpaired) electrons. The number of carbonyl (C=O) groups excluding carboxylic acids is 1. The smallest absolute Gasteiger partial charge is 0.237 e. The zero-order valence-corrected chi connectivity index (χ0v) is 13.2. The number of benzene rings is 1. The number of amides is 1. The fraction of sp³-hybridized carbons (Fsp3) is 0.286. The van der Waals surface area contributed by atoms with Gasteiger partial charge in [0.15, 0.2) is 11.5 Å². The predicted octanol–water partition coefficient (Wildman–Crippen LogP) is 1.71. The zero-order chi connectivity index (χ0) is 16.2. The molecule has 0 saturated heterocycles. The Balaban J connectivity index is 1.63. The number of aromatic nitrogens is 4. The molecule has 8 nitrogen and oxygen atoms in total. The van der Waals surface area contributed by atoms with E-state index in [-0.39, 0.29) is 18.0 Å². The lowest BCUT2D eigenvalue weighted by atomic mass is 10.2. The van der Waals surface area contributed by atoms with E-state index in [1.807, 2.05) is 0 Å². The van der Waals surface area contributed by atoms with Crippen molar-refractivity contribution in [2.24, 2.45) is 0 Å². The van der Waals surface area contributed by atoms with E-state index in [1.54, 1.807) is 35.9 Å². The van der Waals surface area contributed by atoms with Crippen LogP contribution in [-0.4, -0.2) is 38.2 Å². The molecule has 1 aromatic heterocycles. The van der Waals surface area contributed by atoms with Gasteiger partial charge in [-0.15, -0.1) is 11.7 Å². The molecule has 1 atom stereocenters. The average Bonchev–Trinajstić information content (AvgIpc) is 3.16. The zero-order valence-electron chi connectivity index (χ0n) is 12.4. The van der Waals surface area contributed by atoms with Crippen molar-refractivity contribution in [3.63, 3.8) is 0 Å². The van der Waals surface area contributed by atoms with Gasteiger partial charge in [0, 0.05) is 11.8 Å². The van der Waals surface area contributed by atoms with E-state index in [1.165, 1.54) is 11.8 Å². The number of nitrogens with zero attached hydrogens (tertiary/aromatic N) is 4. The molecule has 1 N–H and O–H groups in total. The highest BCUT2D eigenvalue weighted by Crippen LogP contribution is 2.34. The summed E-state index contributed by atoms with van der Waals surface area (Å²) in [4.78, 5) is 12.3. The highest BCUT2D eigenvalue weighted by atomic mass is 32.2. The van der Waals surface area contributed by atoms with Gasteiger partial charge in [0.2, 0.25) is 17.9 Å². The molecule has 1 unspecified atom stereocenters. The van der Waals surface area contributed by atoms with Crippen LogP contribution in [0, 0.1) is 0 Å². The molecule has 0 fully saturated rings. The van der Waals surface area contributed by atoms with E-state index in [0.29, 0.717) is 28.9 Å². The summed E-state index contributed by atoms with van der Waals surface area (Å²) < 4.78 is 12.1. The van der Waals surface area contributed by atoms with Gasteiger partial charge in [-0.1, -0.05) is 17.8 Å². The second-order valence-corrected chi connectivity index (χ2v) is 6.06. The molecule has 0 aliphatic carbocycles. The number of tetrazole rings is 1. The van der Waals surface area contributed by atoms with Gasteiger partial charge >= 0.3 is 0 Å². The minimum atomic E-state index is -0.366. The third-order valence-corrected chi connectivity index (χ3v) is 4.16. The van der Waals surface area contributed by atoms with Crippen molar-refractivity contribution in [1.82, 2.24) is 20.2 Å². The second kappa shape index (κ2) is 6.69. The summed E-state index contributed by atoms with van der Waals surface area (Å²) in [5.74, 6) is 1.15. The van der Waals surface area contributed by atoms with E-state index in [0.717, 1.165) is 0 Å². The number of fused-ring (bicyclic) bond motifs is 1. The highest BCUT2D eigenvalue weighted by molar-refractivity contribution is 8.00. The summed E-state index contributed by atoms with van der Waals surface area (Å²) in [5.41, 5.74) is 0.650. The molecule has 120 valence electrons. The molecule has 1 aliphatic heterocycles. The maximum absolute atomic E-state index is 12.3. The van der Waals surface area contributed by atoms with E-state index >= 15 is 0 Å². The number of hydrogen-bond acceptors (Lipinski definition) is 7. The first-order valence-electron chi connectivity index (χ1n) is 6.91. The Kier molecular flexibility index (Phi) is 4.47. The molecule has 1 amide bonds. The third-order valence-electron chi connectivity index (χ3n) is 3.09. The lowest BCUT2D eigenvalue weighted by Crippen LogP contribution is -2.23. The fourth-order valence-electron chi connectivity index (χ4n) is 1.95. The van der Waals surface area contributed by atoms with Crippen LogP contribution in [0.15, 0.2) is 36.0 Å². The van der Waals surface area contributed by atoms with Crippen LogP contribution in [0.3, 0.4) is 0 Å². The molecule has 9 heteroatoms. The maximum Gasteiger partial charge on any atom is 0.237 e. The highest BCUT2D eigenvalue weighted by Gasteiger charge is 2.20. The van der Waals surface area contributed by atoms with Crippen LogP contribution < -0.4 is 14.8 Å². The lowest BCUT2D eigenvalue weighted by Gasteiger charge is -2.11. The largest absolute Gasteiger partial charge is 0.454 e. The molecule has 0 bridgehead atoms. The van der Waals surface area contributed by atoms with Crippen molar-refractivity contribution in [2.45, 2.75) is 23.9 Å². The number of anilines is 1. The van der Waals surface area contributed by atoms with Crippen LogP contribution in [0.4, 0.5) is 5.69 Å². The van der Waals surface area contributed by atoms with Gasteiger partial charge in [0.25, 0.3) is 0 Å². The number of rotatable bonds is 6. The van der Waals surface area contributed by atoms with Gasteiger partial charge in [0.05, 0.1) is 11.8 Å². The van der Waals surface area contributed by atoms with Crippen molar-refractivity contribution in [3.05, 3.63) is 30.9 Å². The van der Waals surface area contributed by atoms with Crippen LogP contribution in [0.1, 0.15) is 6.92 Å². The average molecular weight is 333 g/mol. The lowest BCUT2D eigenvalue weighted by molar-refractivity contribution is -0.115. The van der Waals surface area contributed by atoms with Crippen LogP contribution in [-0.2, 0) is 11.3 Å². The molecule has 0 saturated carbocycles. The second-order valence-electron chi connectivity index (χ2n) is 4.75. The Labute approximate surface area is 136 Å². The molecule has 3 rings (SSSR count). The maximum atomic E-state index is 12.3. The van der Waals surface area contributed by atoms with Crippen molar-refractivity contribution in [2.75, 3.05) is 12.1 Å². The van der Waals surface area contributed by atoms with Gasteiger partial charge in [-0.05, 0) is 29.5 Å². The molecule has 2 aromatic rings. The fourth-order valence-corrected chi connectivity index (χ4v) is 2.75. The topological polar surface area (TPSA) is 91.2 Å². The molecule has 1 aromatic carbocycles. The van der Waals surface area contributed by atoms with E-state index in [2.05, 4.69) is 27.4 Å². The van der Waals surface area contributed by atoms with Crippen molar-refractivity contribution >= 4 is 23.4 Å². The van der Waals surface area contributed by atoms with Gasteiger partial charge in [-0.3, -0.25) is 4.79 Å². The van der Waals surface area contributed by atoms with E-state index in [4.69, 9.17) is 9.47 Å². The number of ether oxygens (including phenoxy) is 2. The quantitative estimate of drug-likeness (QED) is 0.635. The van der Waals surface area contributed by atoms with E-state index in [9.17, 15) is 4.79 Å². The summed E-state index contributed by atoms with van der Waals surface area (Å²) in [5, 5.41) is 14.4. The SMILES string of the molecule is C=CCn1nnnc1SC(C)C(=O)Nc1ccc2c(c1)OCO2. The number of thioether (sulfide) groups is 1. The summed E-state index contributed by atoms with van der Waals surface area (Å²) in [7, 11) is 0. The summed E-state index contributed by atoms with van der Waals surface area (Å²) >= 11 is 1.28. The number of carbonyl (C=O) groups is 1. The Morgan fingerprint density at radius 2 is 2.35 bits per heavy atom. The summed E-state index contributed by atoms with van der Waals surface area (Å²) in [6.45, 7) is 6.13. The van der Waals surface area contributed by atoms with Crippen LogP contribution in [0.2, 0.25) is 0 Å². The first-order chi connectivity index (χ1) is 11.2. The predicted molar refractivity (Wildman–Crippen MR) is 84.5 cm³/mol. The number of hydrogen-bond donors (Lipinski definition) is 1. The Morgan fingerprint density at radius 3 is 3.17 bits per heavy atom. The normalized spacial score (nSPS) is 13.6. The van der Waals surface area contributed by atoms with Crippen LogP contribution in [0.25, 0.3) is 0 Å². The Hall–Kier alpha value is -2.55. The molecular weight excluding hydrogens is 318 g/mol. The van der Waals surface area contributed by atoms with Crippen molar-refractivity contribution in [1.29, 1.82) is 0 Å². The summed E-state index contributed by atoms with van der Waals surface area (Å²) in [6.07, 6.45) is 1.69. The minimum Gasteiger partial charge on any atom is -0.454 e. The van der Waals surface area contributed by atoms with Gasteiger partial charge in [-0.2, -0.15) is 0 Å². The van der Waals surface area contributed by atoms with E-state index < -0.39 is 0 Å². The minimum absolute atomic E-state index is 0.151. The van der Waals surface area contributed by atoms with Gasteiger partial charge < -0.3 is 14.8 Å². The van der Waals surface area contributed by atoms with Crippen LogP contribution >= 0.6 is 11.8 Å². The molecule has 1 aliphatic rings. The summed E-state index contributed by atoms with van der Waals surface area (Å²) in [6, 6.07) is 5.27. The molecule has 23 heavy (non-hydrogen) atoms. The first-order valence-corrected chi connectivity index (χ1v) is 7.79. The molecular formula is C14H15N5O3S. The van der Waals surface area contributed by atoms with Crippen molar-refractivity contribution < 1.29 is 14.3 Å². The Bertz CT molecular complexity index is 733.